The Morgan fingerprint density at radius 3 is 1.39 bits per heavy atom. The van der Waals surface area contributed by atoms with Crippen LogP contribution in [0.4, 0.5) is 0 Å². The number of hydrogen-bond acceptors (Lipinski definition) is 3. The summed E-state index contributed by atoms with van der Waals surface area (Å²) >= 11 is 1.000. The summed E-state index contributed by atoms with van der Waals surface area (Å²) in [6.45, 7) is 27.0. The molecule has 0 bridgehead atoms. The second-order valence-electron chi connectivity index (χ2n) is 9.54. The normalized spacial score (nSPS) is 10.6. The summed E-state index contributed by atoms with van der Waals surface area (Å²) in [5.74, 6) is 0. The van der Waals surface area contributed by atoms with Gasteiger partial charge in [-0.15, -0.1) is 13.2 Å². The van der Waals surface area contributed by atoms with Crippen molar-refractivity contribution in [2.45, 2.75) is 98.2 Å². The van der Waals surface area contributed by atoms with Crippen LogP contribution in [-0.4, -0.2) is 43.5 Å². The van der Waals surface area contributed by atoms with E-state index >= 15 is 0 Å². The van der Waals surface area contributed by atoms with E-state index in [-0.39, 0.29) is 0 Å². The van der Waals surface area contributed by atoms with Crippen molar-refractivity contribution in [3.8, 4) is 0 Å². The van der Waals surface area contributed by atoms with E-state index in [2.05, 4.69) is 97.1 Å². The minimum Gasteiger partial charge on any atom is -0.439 e. The summed E-state index contributed by atoms with van der Waals surface area (Å²) in [5.41, 5.74) is 0. The molecule has 1 rings (SSSR count). The van der Waals surface area contributed by atoms with Crippen molar-refractivity contribution in [3.63, 3.8) is 0 Å². The highest BCUT2D eigenvalue weighted by Crippen LogP contribution is 2.10. The van der Waals surface area contributed by atoms with Gasteiger partial charge < -0.3 is 8.23 Å². The van der Waals surface area contributed by atoms with Gasteiger partial charge in [0.2, 0.25) is 0 Å². The van der Waals surface area contributed by atoms with Crippen molar-refractivity contribution in [2.24, 2.45) is 0 Å². The first kappa shape index (κ1) is 37.4. The summed E-state index contributed by atoms with van der Waals surface area (Å²) in [5, 5.41) is 1.46. The number of benzene rings is 1. The number of rotatable bonds is 10. The van der Waals surface area contributed by atoms with E-state index in [1.165, 1.54) is 54.0 Å². The van der Waals surface area contributed by atoms with Gasteiger partial charge in [-0.05, 0) is 64.9 Å². The van der Waals surface area contributed by atoms with Crippen LogP contribution in [0.15, 0.2) is 55.6 Å². The lowest BCUT2D eigenvalue weighted by molar-refractivity contribution is 0.428. The molecular weight excluding hydrogens is 489 g/mol. The average molecular weight is 549 g/mol. The van der Waals surface area contributed by atoms with Crippen LogP contribution in [-0.2, 0) is 8.23 Å². The van der Waals surface area contributed by atoms with Crippen LogP contribution in [0.3, 0.4) is 0 Å². The molecule has 0 aliphatic rings. The number of allylic oxidation sites excluding steroid dienone is 2. The smallest absolute Gasteiger partial charge is 0.297 e. The van der Waals surface area contributed by atoms with Gasteiger partial charge in [-0.25, -0.2) is 0 Å². The van der Waals surface area contributed by atoms with Gasteiger partial charge in [-0.2, -0.15) is 12.5 Å². The summed E-state index contributed by atoms with van der Waals surface area (Å²) in [7, 11) is -2.88. The maximum absolute atomic E-state index is 6.12. The minimum atomic E-state index is -1.36. The van der Waals surface area contributed by atoms with E-state index in [4.69, 9.17) is 9.35 Å². The van der Waals surface area contributed by atoms with Crippen molar-refractivity contribution in [1.29, 1.82) is 1.12 Å². The van der Waals surface area contributed by atoms with Crippen molar-refractivity contribution >= 4 is 53.9 Å². The third-order valence-electron chi connectivity index (χ3n) is 3.50. The molecule has 0 amide bonds. The first-order chi connectivity index (χ1) is 15.7. The second-order valence-corrected chi connectivity index (χ2v) is 22.2. The Kier molecular flexibility index (Phi) is 31.8. The maximum Gasteiger partial charge on any atom is 0.297 e. The van der Waals surface area contributed by atoms with Gasteiger partial charge in [-0.1, -0.05) is 87.2 Å². The van der Waals surface area contributed by atoms with Gasteiger partial charge in [0.15, 0.2) is 16.6 Å². The molecule has 196 valence electrons. The molecule has 1 aromatic carbocycles. The third-order valence-corrected chi connectivity index (χ3v) is 12.5. The zero-order chi connectivity index (χ0) is 27.5. The van der Waals surface area contributed by atoms with E-state index in [0.29, 0.717) is 0 Å². The standard InChI is InChI=1S/C7H22O2Si3.C6H8Si.2C6H12.CH4S/c1-10(8-11(2,3)4)9-12(5,6)7;7-6-4-2-1-3-5-6;2*1-3-5-6-4-2;1-2/h10H,1-7H3;1-5H,7H3;2*3H,1,4-6H2,2H3;2H,1H3/i/hT. The lowest BCUT2D eigenvalue weighted by Gasteiger charge is -2.28. The van der Waals surface area contributed by atoms with Crippen molar-refractivity contribution < 1.29 is 8.23 Å². The predicted molar refractivity (Wildman–Crippen MR) is 172 cm³/mol. The molecular formula is C26H58O2SSi4. The fourth-order valence-corrected chi connectivity index (χ4v) is 11.2. The fraction of sp³-hybridized carbons (Fsp3) is 0.615. The highest BCUT2D eigenvalue weighted by molar-refractivity contribution is 7.79. The second kappa shape index (κ2) is 28.1. The molecule has 7 heteroatoms. The lowest BCUT2D eigenvalue weighted by Crippen LogP contribution is -2.41. The SMILES string of the molecule is C=CCCCC.C=CCCCC.C[SiH](O[Si](C)(C)C)O[Si](C)(C)C.[3H]SC.[SiH3]c1ccccc1. The highest BCUT2D eigenvalue weighted by Gasteiger charge is 2.24. The molecule has 0 aliphatic heterocycles. The van der Waals surface area contributed by atoms with Gasteiger partial charge in [0, 0.05) is 10.2 Å². The summed E-state index contributed by atoms with van der Waals surface area (Å²) < 4.78 is 17.9. The molecule has 0 radical (unpaired) electrons. The first-order valence-corrected chi connectivity index (χ1v) is 23.1. The highest BCUT2D eigenvalue weighted by atomic mass is 32.1. The molecule has 0 aromatic heterocycles. The summed E-state index contributed by atoms with van der Waals surface area (Å²) in [4.78, 5) is 0. The van der Waals surface area contributed by atoms with Gasteiger partial charge in [-0.3, -0.25) is 0 Å². The zero-order valence-corrected chi connectivity index (χ0v) is 30.0. The zero-order valence-electron chi connectivity index (χ0n) is 25.0. The Morgan fingerprint density at radius 2 is 1.24 bits per heavy atom. The van der Waals surface area contributed by atoms with Gasteiger partial charge in [0.1, 0.15) is 1.12 Å². The Balaban J connectivity index is -0.000000177. The molecule has 0 N–H and O–H groups in total. The van der Waals surface area contributed by atoms with Crippen LogP contribution in [0.25, 0.3) is 0 Å². The minimum absolute atomic E-state index is 1.000. The number of unbranched alkanes of at least 4 members (excludes halogenated alkanes) is 4. The van der Waals surface area contributed by atoms with Crippen LogP contribution >= 0.6 is 12.5 Å². The van der Waals surface area contributed by atoms with Gasteiger partial charge >= 0.3 is 0 Å². The molecule has 0 unspecified atom stereocenters. The van der Waals surface area contributed by atoms with Crippen LogP contribution < -0.4 is 5.19 Å². The third kappa shape index (κ3) is 49.9. The topological polar surface area (TPSA) is 18.5 Å². The lowest BCUT2D eigenvalue weighted by atomic mass is 10.3. The molecule has 0 saturated heterocycles. The number of thiol groups is 1. The Labute approximate surface area is 222 Å². The monoisotopic (exact) mass is 548 g/mol. The molecule has 0 atom stereocenters. The number of hydrogen-bond donors (Lipinski definition) is 1. The molecule has 0 heterocycles. The molecule has 2 nitrogen and oxygen atoms in total. The Bertz CT molecular complexity index is 508. The quantitative estimate of drug-likeness (QED) is 0.141. The molecule has 0 saturated carbocycles. The van der Waals surface area contributed by atoms with Crippen LogP contribution in [0.1, 0.15) is 52.4 Å². The molecule has 33 heavy (non-hydrogen) atoms. The molecule has 0 spiro atoms. The van der Waals surface area contributed by atoms with E-state index < -0.39 is 25.9 Å². The van der Waals surface area contributed by atoms with E-state index in [0.717, 1.165) is 12.5 Å². The van der Waals surface area contributed by atoms with E-state index in [9.17, 15) is 0 Å². The van der Waals surface area contributed by atoms with E-state index in [1.807, 2.05) is 18.2 Å². The summed E-state index contributed by atoms with van der Waals surface area (Å²) in [6.07, 6.45) is 13.1. The van der Waals surface area contributed by atoms with Crippen LogP contribution in [0, 0.1) is 0 Å². The average Bonchev–Trinajstić information content (AvgIpc) is 2.70. The van der Waals surface area contributed by atoms with Crippen molar-refractivity contribution in [2.75, 3.05) is 6.26 Å². The van der Waals surface area contributed by atoms with Crippen LogP contribution in [0.5, 0.6) is 0 Å². The fourth-order valence-electron chi connectivity index (χ4n) is 2.25. The maximum atomic E-state index is 6.12. The van der Waals surface area contributed by atoms with Gasteiger partial charge in [0.25, 0.3) is 9.28 Å². The van der Waals surface area contributed by atoms with Crippen LogP contribution in [0.2, 0.25) is 45.8 Å². The molecule has 0 aliphatic carbocycles. The van der Waals surface area contributed by atoms with Crippen molar-refractivity contribution in [1.82, 2.24) is 0 Å². The molecule has 1 aromatic rings. The van der Waals surface area contributed by atoms with Crippen molar-refractivity contribution in [3.05, 3.63) is 55.6 Å². The molecule has 0 fully saturated rings. The Hall–Kier alpha value is -0.162. The largest absolute Gasteiger partial charge is 0.439 e. The Morgan fingerprint density at radius 1 is 0.909 bits per heavy atom. The van der Waals surface area contributed by atoms with Gasteiger partial charge in [0.05, 0.1) is 0 Å². The van der Waals surface area contributed by atoms with E-state index in [1.54, 1.807) is 6.26 Å². The predicted octanol–water partition coefficient (Wildman–Crippen LogP) is 7.49. The first-order valence-electron chi connectivity index (χ1n) is 12.7. The summed E-state index contributed by atoms with van der Waals surface area (Å²) in [6, 6.07) is 10.5.